The molecule has 50 heavy (non-hydrogen) atoms. The number of nitro groups is 1. The first-order valence-electron chi connectivity index (χ1n) is 16.5. The molecule has 276 valence electrons. The Labute approximate surface area is 306 Å². The van der Waals surface area contributed by atoms with Crippen LogP contribution in [0.3, 0.4) is 0 Å². The molecule has 0 aromatic heterocycles. The SMILES string of the molecule is CC(C)C/C(=N/O)c1cccc([N+](=O)[O-])c1.CC(C)NC(=O)C1=NC=CC1.CC(C)SCc1ccccc1Cl.CCOC(=O)C(=O)CC(C)C. The first-order chi connectivity index (χ1) is 23.5. The molecule has 0 aliphatic carbocycles. The van der Waals surface area contributed by atoms with Crippen LogP contribution in [0.4, 0.5) is 5.69 Å². The first kappa shape index (κ1) is 46.0. The summed E-state index contributed by atoms with van der Waals surface area (Å²) < 4.78 is 4.52. The van der Waals surface area contributed by atoms with Gasteiger partial charge in [0.05, 0.1) is 17.2 Å². The van der Waals surface area contributed by atoms with Crippen LogP contribution in [-0.4, -0.2) is 57.1 Å². The molecule has 0 atom stereocenters. The highest BCUT2D eigenvalue weighted by Crippen LogP contribution is 2.23. The zero-order chi connectivity index (χ0) is 38.2. The number of halogens is 1. The molecular formula is C37H53ClN4O7S. The van der Waals surface area contributed by atoms with E-state index < -0.39 is 16.7 Å². The van der Waals surface area contributed by atoms with Crippen LogP contribution in [0, 0.1) is 22.0 Å². The Morgan fingerprint density at radius 1 is 1.02 bits per heavy atom. The number of thioether (sulfide) groups is 1. The van der Waals surface area contributed by atoms with E-state index in [1.54, 1.807) is 25.3 Å². The number of hydrogen-bond acceptors (Lipinski definition) is 10. The molecule has 11 nitrogen and oxygen atoms in total. The molecule has 13 heteroatoms. The standard InChI is InChI=1S/C11H14N2O3.C10H13ClS.C8H12N2O.C8H14O3/c1-8(2)6-11(12-14)9-4-3-5-10(7-9)13(15)16;1-8(2)12-7-9-5-3-4-6-10(9)11;1-6(2)10-8(11)7-4-3-5-9-7;1-4-11-8(10)7(9)5-6(2)3/h3-5,7-8,14H,6H2,1-2H3;3-6,8H,7H2,1-2H3;3,5-6H,4H2,1-2H3,(H,10,11);6H,4-5H2,1-3H3/b12-11-;;;. The molecule has 2 aromatic carbocycles. The van der Waals surface area contributed by atoms with Gasteiger partial charge in [0, 0.05) is 53.6 Å². The van der Waals surface area contributed by atoms with E-state index in [0.29, 0.717) is 41.0 Å². The molecule has 0 saturated carbocycles. The second kappa shape index (κ2) is 25.9. The number of oxime groups is 1. The zero-order valence-electron chi connectivity index (χ0n) is 30.6. The van der Waals surface area contributed by atoms with Gasteiger partial charge >= 0.3 is 5.97 Å². The molecule has 2 N–H and O–H groups in total. The second-order valence-corrected chi connectivity index (χ2v) is 14.4. The van der Waals surface area contributed by atoms with Crippen LogP contribution in [0.15, 0.2) is 71.0 Å². The Morgan fingerprint density at radius 2 is 1.66 bits per heavy atom. The summed E-state index contributed by atoms with van der Waals surface area (Å²) in [5.41, 5.74) is 2.91. The van der Waals surface area contributed by atoms with Gasteiger partial charge < -0.3 is 15.3 Å². The third-order valence-corrected chi connectivity index (χ3v) is 7.58. The molecule has 1 heterocycles. The van der Waals surface area contributed by atoms with Crippen LogP contribution in [0.1, 0.15) is 92.7 Å². The summed E-state index contributed by atoms with van der Waals surface area (Å²) in [4.78, 5) is 46.8. The van der Waals surface area contributed by atoms with Gasteiger partial charge in [-0.3, -0.25) is 24.7 Å². The number of non-ortho nitro benzene ring substituents is 1. The number of carbonyl (C=O) groups excluding carboxylic acids is 3. The van der Waals surface area contributed by atoms with Crippen molar-refractivity contribution in [3.8, 4) is 0 Å². The lowest BCUT2D eigenvalue weighted by Crippen LogP contribution is -2.35. The van der Waals surface area contributed by atoms with Crippen LogP contribution in [0.2, 0.25) is 5.02 Å². The van der Waals surface area contributed by atoms with E-state index in [-0.39, 0.29) is 36.6 Å². The van der Waals surface area contributed by atoms with Crippen molar-refractivity contribution in [3.05, 3.63) is 87.1 Å². The van der Waals surface area contributed by atoms with E-state index in [1.807, 2.05) is 77.6 Å². The number of Topliss-reactive ketones (excluding diaryl/α,β-unsaturated/α-hetero) is 1. The minimum Gasteiger partial charge on any atom is -0.460 e. The Balaban J connectivity index is 0.000000649. The minimum absolute atomic E-state index is 0.00223. The van der Waals surface area contributed by atoms with Crippen molar-refractivity contribution in [2.45, 2.75) is 98.6 Å². The van der Waals surface area contributed by atoms with Gasteiger partial charge in [-0.05, 0) is 55.9 Å². The number of nitrogens with zero attached hydrogens (tertiary/aromatic N) is 3. The van der Waals surface area contributed by atoms with Crippen molar-refractivity contribution in [2.24, 2.45) is 22.0 Å². The summed E-state index contributed by atoms with van der Waals surface area (Å²) >= 11 is 7.91. The van der Waals surface area contributed by atoms with Crippen molar-refractivity contribution in [1.82, 2.24) is 5.32 Å². The topological polar surface area (TPSA) is 161 Å². The van der Waals surface area contributed by atoms with Gasteiger partial charge in [-0.25, -0.2) is 4.79 Å². The average Bonchev–Trinajstić information content (AvgIpc) is 3.59. The van der Waals surface area contributed by atoms with Gasteiger partial charge in [0.1, 0.15) is 5.71 Å². The molecule has 1 aliphatic heterocycles. The minimum atomic E-state index is -0.707. The number of aliphatic imine (C=N–C) groups is 1. The van der Waals surface area contributed by atoms with Gasteiger partial charge in [0.15, 0.2) is 0 Å². The molecule has 2 aromatic rings. The van der Waals surface area contributed by atoms with Gasteiger partial charge in [-0.1, -0.05) is 94.7 Å². The summed E-state index contributed by atoms with van der Waals surface area (Å²) in [5, 5.41) is 27.0. The quantitative estimate of drug-likeness (QED) is 0.0516. The average molecular weight is 733 g/mol. The van der Waals surface area contributed by atoms with E-state index in [2.05, 4.69) is 40.1 Å². The second-order valence-electron chi connectivity index (χ2n) is 12.4. The van der Waals surface area contributed by atoms with Crippen LogP contribution in [0.5, 0.6) is 0 Å². The van der Waals surface area contributed by atoms with Crippen LogP contribution < -0.4 is 5.32 Å². The van der Waals surface area contributed by atoms with Crippen molar-refractivity contribution in [3.63, 3.8) is 0 Å². The van der Waals surface area contributed by atoms with E-state index in [0.717, 1.165) is 10.8 Å². The number of amides is 1. The molecule has 0 unspecified atom stereocenters. The highest BCUT2D eigenvalue weighted by atomic mass is 35.5. The van der Waals surface area contributed by atoms with Gasteiger partial charge in [0.25, 0.3) is 11.6 Å². The number of ether oxygens (including phenoxy) is 1. The smallest absolute Gasteiger partial charge is 0.374 e. The fraction of sp³-hybridized carbons (Fsp3) is 0.486. The molecule has 3 rings (SSSR count). The Morgan fingerprint density at radius 3 is 2.14 bits per heavy atom. The van der Waals surface area contributed by atoms with Gasteiger partial charge in [-0.15, -0.1) is 0 Å². The summed E-state index contributed by atoms with van der Waals surface area (Å²) in [5.74, 6) is 0.363. The van der Waals surface area contributed by atoms with Gasteiger partial charge in [-0.2, -0.15) is 11.8 Å². The lowest BCUT2D eigenvalue weighted by molar-refractivity contribution is -0.384. The van der Waals surface area contributed by atoms with Crippen LogP contribution in [0.25, 0.3) is 0 Å². The Hall–Kier alpha value is -4.03. The number of ketones is 1. The Bertz CT molecular complexity index is 1460. The molecule has 1 aliphatic rings. The number of benzene rings is 2. The molecule has 0 spiro atoms. The van der Waals surface area contributed by atoms with Crippen molar-refractivity contribution in [2.75, 3.05) is 6.61 Å². The number of hydrogen-bond donors (Lipinski definition) is 2. The third-order valence-electron chi connectivity index (χ3n) is 6.07. The summed E-state index contributed by atoms with van der Waals surface area (Å²) in [7, 11) is 0. The predicted molar refractivity (Wildman–Crippen MR) is 204 cm³/mol. The highest BCUT2D eigenvalue weighted by molar-refractivity contribution is 7.99. The lowest BCUT2D eigenvalue weighted by Gasteiger charge is -2.06. The van der Waals surface area contributed by atoms with Crippen molar-refractivity contribution < 1.29 is 29.3 Å². The monoisotopic (exact) mass is 732 g/mol. The van der Waals surface area contributed by atoms with E-state index >= 15 is 0 Å². The van der Waals surface area contributed by atoms with Crippen molar-refractivity contribution >= 4 is 58.1 Å². The maximum atomic E-state index is 11.2. The molecule has 0 radical (unpaired) electrons. The van der Waals surface area contributed by atoms with Crippen LogP contribution in [-0.2, 0) is 24.9 Å². The Kier molecular flexibility index (Phi) is 23.8. The van der Waals surface area contributed by atoms with E-state index in [4.69, 9.17) is 16.8 Å². The summed E-state index contributed by atoms with van der Waals surface area (Å²) in [6, 6.07) is 14.3. The van der Waals surface area contributed by atoms with Gasteiger partial charge in [0.2, 0.25) is 5.78 Å². The summed E-state index contributed by atoms with van der Waals surface area (Å²) in [6.45, 7) is 18.0. The maximum Gasteiger partial charge on any atom is 0.374 e. The molecule has 0 bridgehead atoms. The number of nitro benzene ring substituents is 1. The zero-order valence-corrected chi connectivity index (χ0v) is 32.2. The largest absolute Gasteiger partial charge is 0.460 e. The molecular weight excluding hydrogens is 680 g/mol. The molecule has 1 amide bonds. The predicted octanol–water partition coefficient (Wildman–Crippen LogP) is 8.83. The first-order valence-corrected chi connectivity index (χ1v) is 18.0. The van der Waals surface area contributed by atoms with E-state index in [1.165, 1.54) is 17.7 Å². The number of nitrogens with one attached hydrogen (secondary N) is 1. The number of carbonyl (C=O) groups is 3. The summed E-state index contributed by atoms with van der Waals surface area (Å²) in [6.07, 6.45) is 5.06. The third kappa shape index (κ3) is 21.1. The van der Waals surface area contributed by atoms with E-state index in [9.17, 15) is 24.5 Å². The van der Waals surface area contributed by atoms with Crippen LogP contribution >= 0.6 is 23.4 Å². The lowest BCUT2D eigenvalue weighted by atomic mass is 10.0. The number of allylic oxidation sites excluding steroid dienone is 1. The fourth-order valence-electron chi connectivity index (χ4n) is 3.80. The maximum absolute atomic E-state index is 11.2. The van der Waals surface area contributed by atoms with Crippen molar-refractivity contribution in [1.29, 1.82) is 0 Å². The normalized spacial score (nSPS) is 11.9. The highest BCUT2D eigenvalue weighted by Gasteiger charge is 2.16. The fourth-order valence-corrected chi connectivity index (χ4v) is 4.84. The number of rotatable bonds is 13. The molecule has 0 saturated heterocycles. The molecule has 0 fully saturated rings. The number of esters is 1.